The number of H-pyrrole nitrogens is 1. The molecule has 0 saturated carbocycles. The Morgan fingerprint density at radius 1 is 1.08 bits per heavy atom. The zero-order valence-corrected chi connectivity index (χ0v) is 14.2. The second kappa shape index (κ2) is 9.02. The second-order valence-corrected chi connectivity index (χ2v) is 4.82. The molecule has 2 heterocycles. The molecule has 0 saturated heterocycles. The van der Waals surface area contributed by atoms with Crippen molar-refractivity contribution in [3.63, 3.8) is 0 Å². The Bertz CT molecular complexity index is 811. The van der Waals surface area contributed by atoms with Gasteiger partial charge in [-0.25, -0.2) is 9.37 Å². The summed E-state index contributed by atoms with van der Waals surface area (Å²) < 4.78 is 13.0. The molecular formula is C17H15Cl2FN4. The quantitative estimate of drug-likeness (QED) is 0.736. The van der Waals surface area contributed by atoms with Gasteiger partial charge in [-0.2, -0.15) is 5.26 Å². The number of halogens is 3. The fourth-order valence-corrected chi connectivity index (χ4v) is 2.26. The average molecular weight is 365 g/mol. The predicted molar refractivity (Wildman–Crippen MR) is 95.6 cm³/mol. The summed E-state index contributed by atoms with van der Waals surface area (Å²) in [6, 6.07) is 12.1. The van der Waals surface area contributed by atoms with E-state index in [0.717, 1.165) is 22.5 Å². The fourth-order valence-electron chi connectivity index (χ4n) is 2.26. The van der Waals surface area contributed by atoms with Crippen LogP contribution in [0.2, 0.25) is 0 Å². The van der Waals surface area contributed by atoms with E-state index in [4.69, 9.17) is 5.26 Å². The molecule has 124 valence electrons. The highest BCUT2D eigenvalue weighted by Crippen LogP contribution is 2.26. The van der Waals surface area contributed by atoms with E-state index in [1.165, 1.54) is 12.1 Å². The highest BCUT2D eigenvalue weighted by atomic mass is 35.5. The van der Waals surface area contributed by atoms with Crippen molar-refractivity contribution in [3.8, 4) is 28.7 Å². The molecule has 3 aromatic rings. The van der Waals surface area contributed by atoms with Crippen molar-refractivity contribution in [1.29, 1.82) is 5.26 Å². The lowest BCUT2D eigenvalue weighted by molar-refractivity contribution is 0.628. The molecule has 24 heavy (non-hydrogen) atoms. The van der Waals surface area contributed by atoms with Crippen LogP contribution in [0.3, 0.4) is 0 Å². The van der Waals surface area contributed by atoms with Crippen LogP contribution in [0.25, 0.3) is 22.6 Å². The summed E-state index contributed by atoms with van der Waals surface area (Å²) in [5.74, 6) is 0.374. The topological polar surface area (TPSA) is 65.4 Å². The molecule has 0 aliphatic rings. The maximum atomic E-state index is 13.0. The molecule has 0 aliphatic heterocycles. The summed E-state index contributed by atoms with van der Waals surface area (Å²) in [6.07, 6.45) is 4.42. The number of rotatable bonds is 4. The van der Waals surface area contributed by atoms with Crippen LogP contribution < -0.4 is 0 Å². The number of nitrogens with one attached hydrogen (secondary N) is 1. The van der Waals surface area contributed by atoms with Gasteiger partial charge in [0, 0.05) is 42.1 Å². The molecule has 0 radical (unpaired) electrons. The Kier molecular flexibility index (Phi) is 7.37. The van der Waals surface area contributed by atoms with Crippen LogP contribution in [0.4, 0.5) is 4.39 Å². The molecule has 0 atom stereocenters. The lowest BCUT2D eigenvalue weighted by Gasteiger charge is -1.99. The standard InChI is InChI=1S/C17H13FN4.2ClH/c18-14-7-5-12(6-8-14)17-21-15(4-1-9-19)16(22-17)13-3-2-10-20-11-13;;/h2-3,5-8,10-11H,1,4H2,(H,21,22);2*1H. The van der Waals surface area contributed by atoms with Gasteiger partial charge in [-0.1, -0.05) is 0 Å². The Hall–Kier alpha value is -2.42. The summed E-state index contributed by atoms with van der Waals surface area (Å²) in [7, 11) is 0. The largest absolute Gasteiger partial charge is 0.341 e. The van der Waals surface area contributed by atoms with Crippen molar-refractivity contribution in [3.05, 3.63) is 60.3 Å². The summed E-state index contributed by atoms with van der Waals surface area (Å²) in [4.78, 5) is 12.0. The summed E-state index contributed by atoms with van der Waals surface area (Å²) in [6.45, 7) is 0. The van der Waals surface area contributed by atoms with E-state index in [2.05, 4.69) is 21.0 Å². The minimum Gasteiger partial charge on any atom is -0.341 e. The van der Waals surface area contributed by atoms with Gasteiger partial charge in [0.2, 0.25) is 0 Å². The molecule has 7 heteroatoms. The molecule has 4 nitrogen and oxygen atoms in total. The third-order valence-electron chi connectivity index (χ3n) is 3.32. The van der Waals surface area contributed by atoms with Crippen LogP contribution in [0, 0.1) is 17.1 Å². The number of pyridine rings is 1. The molecule has 1 N–H and O–H groups in total. The maximum Gasteiger partial charge on any atom is 0.138 e. The molecule has 1 aromatic carbocycles. The Morgan fingerprint density at radius 3 is 2.46 bits per heavy atom. The van der Waals surface area contributed by atoms with Crippen LogP contribution in [-0.2, 0) is 6.42 Å². The minimum absolute atomic E-state index is 0. The van der Waals surface area contributed by atoms with E-state index in [0.29, 0.717) is 18.7 Å². The third-order valence-corrected chi connectivity index (χ3v) is 3.32. The molecule has 0 unspecified atom stereocenters. The lowest BCUT2D eigenvalue weighted by Crippen LogP contribution is -1.89. The van der Waals surface area contributed by atoms with Crippen molar-refractivity contribution < 1.29 is 4.39 Å². The van der Waals surface area contributed by atoms with Gasteiger partial charge in [0.1, 0.15) is 11.6 Å². The van der Waals surface area contributed by atoms with Crippen molar-refractivity contribution >= 4 is 24.8 Å². The van der Waals surface area contributed by atoms with Gasteiger partial charge in [-0.05, 0) is 36.4 Å². The van der Waals surface area contributed by atoms with Crippen molar-refractivity contribution in [1.82, 2.24) is 15.0 Å². The van der Waals surface area contributed by atoms with E-state index < -0.39 is 0 Å². The molecule has 0 spiro atoms. The van der Waals surface area contributed by atoms with Gasteiger partial charge >= 0.3 is 0 Å². The van der Waals surface area contributed by atoms with Gasteiger partial charge in [-0.3, -0.25) is 4.98 Å². The molecule has 0 aliphatic carbocycles. The number of benzene rings is 1. The predicted octanol–water partition coefficient (Wildman–Crippen LogP) is 4.58. The van der Waals surface area contributed by atoms with E-state index >= 15 is 0 Å². The fraction of sp³-hybridized carbons (Fsp3) is 0.118. The van der Waals surface area contributed by atoms with Gasteiger partial charge in [0.15, 0.2) is 0 Å². The lowest BCUT2D eigenvalue weighted by atomic mass is 10.1. The van der Waals surface area contributed by atoms with Gasteiger partial charge in [0.25, 0.3) is 0 Å². The maximum absolute atomic E-state index is 13.0. The number of nitrogens with zero attached hydrogens (tertiary/aromatic N) is 3. The van der Waals surface area contributed by atoms with Crippen LogP contribution in [0.5, 0.6) is 0 Å². The number of hydrogen-bond acceptors (Lipinski definition) is 3. The number of hydrogen-bond donors (Lipinski definition) is 1. The first kappa shape index (κ1) is 19.6. The number of aryl methyl sites for hydroxylation is 1. The molecule has 0 fully saturated rings. The Balaban J connectivity index is 0.00000144. The van der Waals surface area contributed by atoms with Gasteiger partial charge in [-0.15, -0.1) is 24.8 Å². The normalized spacial score (nSPS) is 9.50. The van der Waals surface area contributed by atoms with Gasteiger partial charge < -0.3 is 4.98 Å². The molecule has 0 amide bonds. The zero-order valence-electron chi connectivity index (χ0n) is 12.6. The van der Waals surface area contributed by atoms with Crippen LogP contribution in [0.15, 0.2) is 48.8 Å². The smallest absolute Gasteiger partial charge is 0.138 e. The molecular weight excluding hydrogens is 350 g/mol. The number of aromatic amines is 1. The number of imidazole rings is 1. The average Bonchev–Trinajstić information content (AvgIpc) is 2.98. The van der Waals surface area contributed by atoms with Gasteiger partial charge in [0.05, 0.1) is 11.8 Å². The van der Waals surface area contributed by atoms with E-state index in [1.807, 2.05) is 12.1 Å². The van der Waals surface area contributed by atoms with Crippen molar-refractivity contribution in [2.75, 3.05) is 0 Å². The SMILES string of the molecule is Cl.Cl.N#CCCc1[nH]c(-c2ccc(F)cc2)nc1-c1cccnc1. The Morgan fingerprint density at radius 2 is 1.83 bits per heavy atom. The molecule has 2 aromatic heterocycles. The first-order valence-electron chi connectivity index (χ1n) is 6.90. The molecule has 3 rings (SSSR count). The highest BCUT2D eigenvalue weighted by molar-refractivity contribution is 5.85. The van der Waals surface area contributed by atoms with Crippen LogP contribution in [-0.4, -0.2) is 15.0 Å². The second-order valence-electron chi connectivity index (χ2n) is 4.82. The number of aromatic nitrogens is 3. The first-order chi connectivity index (χ1) is 10.8. The summed E-state index contributed by atoms with van der Waals surface area (Å²) in [5, 5.41) is 8.81. The van der Waals surface area contributed by atoms with E-state index in [9.17, 15) is 4.39 Å². The molecule has 0 bridgehead atoms. The third kappa shape index (κ3) is 4.31. The van der Waals surface area contributed by atoms with Crippen molar-refractivity contribution in [2.45, 2.75) is 12.8 Å². The first-order valence-corrected chi connectivity index (χ1v) is 6.90. The Labute approximate surface area is 151 Å². The highest BCUT2D eigenvalue weighted by Gasteiger charge is 2.13. The summed E-state index contributed by atoms with van der Waals surface area (Å²) >= 11 is 0. The monoisotopic (exact) mass is 364 g/mol. The van der Waals surface area contributed by atoms with E-state index in [1.54, 1.807) is 24.5 Å². The van der Waals surface area contributed by atoms with Crippen LogP contribution in [0.1, 0.15) is 12.1 Å². The summed E-state index contributed by atoms with van der Waals surface area (Å²) in [5.41, 5.74) is 3.35. The minimum atomic E-state index is -0.285. The van der Waals surface area contributed by atoms with Crippen LogP contribution >= 0.6 is 24.8 Å². The number of nitriles is 1. The van der Waals surface area contributed by atoms with E-state index in [-0.39, 0.29) is 30.6 Å². The van der Waals surface area contributed by atoms with Crippen molar-refractivity contribution in [2.24, 2.45) is 0 Å². The zero-order chi connectivity index (χ0) is 15.4.